The Morgan fingerprint density at radius 1 is 0.846 bits per heavy atom. The molecule has 0 heterocycles. The van der Waals surface area contributed by atoms with Crippen LogP contribution in [0, 0.1) is 0 Å². The molecule has 2 N–H and O–H groups in total. The molecule has 0 rings (SSSR count). The van der Waals surface area contributed by atoms with Gasteiger partial charge in [-0.15, -0.1) is 0 Å². The standard InChI is InChI=1S/2C4H10O2.Mg/c2*1-2-6-4-3-5;/h2*5H,2-4H2,1H3;. The first-order valence-corrected chi connectivity index (χ1v) is 4.20. The first kappa shape index (κ1) is 19.2. The van der Waals surface area contributed by atoms with E-state index >= 15 is 0 Å². The quantitative estimate of drug-likeness (QED) is 0.459. The third-order valence-corrected chi connectivity index (χ3v) is 0.879. The molecule has 0 fully saturated rings. The van der Waals surface area contributed by atoms with Crippen molar-refractivity contribution in [3.63, 3.8) is 0 Å². The summed E-state index contributed by atoms with van der Waals surface area (Å²) >= 11 is 0. The van der Waals surface area contributed by atoms with Crippen molar-refractivity contribution >= 4 is 23.1 Å². The molecule has 2 radical (unpaired) electrons. The lowest BCUT2D eigenvalue weighted by Crippen LogP contribution is -1.96. The molecule has 0 atom stereocenters. The van der Waals surface area contributed by atoms with E-state index < -0.39 is 0 Å². The maximum absolute atomic E-state index is 8.07. The van der Waals surface area contributed by atoms with Crippen molar-refractivity contribution in [3.8, 4) is 0 Å². The average Bonchev–Trinajstić information content (AvgIpc) is 2.12. The van der Waals surface area contributed by atoms with E-state index in [-0.39, 0.29) is 36.3 Å². The fourth-order valence-electron chi connectivity index (χ4n) is 0.418. The van der Waals surface area contributed by atoms with Crippen LogP contribution in [0.4, 0.5) is 0 Å². The minimum atomic E-state index is 0. The Morgan fingerprint density at radius 3 is 1.23 bits per heavy atom. The minimum Gasteiger partial charge on any atom is -0.394 e. The Balaban J connectivity index is -0.000000143. The molecule has 0 spiro atoms. The predicted molar refractivity (Wildman–Crippen MR) is 52.9 cm³/mol. The van der Waals surface area contributed by atoms with E-state index in [0.717, 1.165) is 0 Å². The molecule has 0 aromatic heterocycles. The van der Waals surface area contributed by atoms with Crippen LogP contribution < -0.4 is 0 Å². The van der Waals surface area contributed by atoms with Gasteiger partial charge in [-0.05, 0) is 13.8 Å². The van der Waals surface area contributed by atoms with Crippen molar-refractivity contribution in [2.75, 3.05) is 39.6 Å². The van der Waals surface area contributed by atoms with Crippen LogP contribution in [0.3, 0.4) is 0 Å². The van der Waals surface area contributed by atoms with Crippen molar-refractivity contribution in [3.05, 3.63) is 0 Å². The molecule has 78 valence electrons. The van der Waals surface area contributed by atoms with E-state index in [9.17, 15) is 0 Å². The molecule has 0 aromatic carbocycles. The number of hydrogen-bond donors (Lipinski definition) is 2. The Kier molecular flexibility index (Phi) is 33.9. The number of rotatable bonds is 6. The van der Waals surface area contributed by atoms with E-state index in [1.165, 1.54) is 0 Å². The largest absolute Gasteiger partial charge is 0.394 e. The molecule has 4 nitrogen and oxygen atoms in total. The van der Waals surface area contributed by atoms with Crippen molar-refractivity contribution in [2.24, 2.45) is 0 Å². The van der Waals surface area contributed by atoms with Crippen molar-refractivity contribution < 1.29 is 19.7 Å². The minimum absolute atomic E-state index is 0. The highest BCUT2D eigenvalue weighted by atomic mass is 24.3. The Labute approximate surface area is 96.4 Å². The van der Waals surface area contributed by atoms with Crippen LogP contribution in [0.25, 0.3) is 0 Å². The van der Waals surface area contributed by atoms with Gasteiger partial charge >= 0.3 is 0 Å². The van der Waals surface area contributed by atoms with Crippen LogP contribution in [0.1, 0.15) is 13.8 Å². The first-order chi connectivity index (χ1) is 5.83. The molecule has 0 saturated heterocycles. The van der Waals surface area contributed by atoms with Gasteiger partial charge in [-0.3, -0.25) is 0 Å². The zero-order valence-corrected chi connectivity index (χ0v) is 10.1. The summed E-state index contributed by atoms with van der Waals surface area (Å²) in [6, 6.07) is 0. The summed E-state index contributed by atoms with van der Waals surface area (Å²) in [5, 5.41) is 16.1. The smallest absolute Gasteiger partial charge is 0.0697 e. The van der Waals surface area contributed by atoms with E-state index in [2.05, 4.69) is 0 Å². The average molecular weight is 205 g/mol. The van der Waals surface area contributed by atoms with E-state index in [4.69, 9.17) is 19.7 Å². The zero-order valence-electron chi connectivity index (χ0n) is 8.66. The zero-order chi connectivity index (χ0) is 9.66. The Hall–Kier alpha value is 0.606. The normalized spacial score (nSPS) is 8.31. The van der Waals surface area contributed by atoms with Crippen molar-refractivity contribution in [1.29, 1.82) is 0 Å². The summed E-state index contributed by atoms with van der Waals surface area (Å²) in [6.07, 6.45) is 0. The fraction of sp³-hybridized carbons (Fsp3) is 1.00. The van der Waals surface area contributed by atoms with Crippen molar-refractivity contribution in [1.82, 2.24) is 0 Å². The van der Waals surface area contributed by atoms with Gasteiger partial charge in [0.1, 0.15) is 0 Å². The summed E-state index contributed by atoms with van der Waals surface area (Å²) in [5.74, 6) is 0. The van der Waals surface area contributed by atoms with Crippen LogP contribution in [0.2, 0.25) is 0 Å². The van der Waals surface area contributed by atoms with E-state index in [1.807, 2.05) is 13.8 Å². The number of aliphatic hydroxyl groups is 2. The van der Waals surface area contributed by atoms with Crippen molar-refractivity contribution in [2.45, 2.75) is 13.8 Å². The van der Waals surface area contributed by atoms with Gasteiger partial charge in [0.05, 0.1) is 26.4 Å². The molecule has 13 heavy (non-hydrogen) atoms. The molecule has 0 amide bonds. The van der Waals surface area contributed by atoms with Gasteiger partial charge in [0, 0.05) is 36.3 Å². The predicted octanol–water partition coefficient (Wildman–Crippen LogP) is -0.350. The van der Waals surface area contributed by atoms with Gasteiger partial charge < -0.3 is 19.7 Å². The second kappa shape index (κ2) is 22.9. The van der Waals surface area contributed by atoms with Gasteiger partial charge in [0.25, 0.3) is 0 Å². The maximum atomic E-state index is 8.07. The summed E-state index contributed by atoms with van der Waals surface area (Å²) in [5.41, 5.74) is 0. The summed E-state index contributed by atoms with van der Waals surface area (Å²) < 4.78 is 9.47. The highest BCUT2D eigenvalue weighted by Crippen LogP contribution is 1.67. The van der Waals surface area contributed by atoms with Crippen LogP contribution in [-0.4, -0.2) is 72.9 Å². The van der Waals surface area contributed by atoms with Crippen LogP contribution in [-0.2, 0) is 9.47 Å². The molecule has 0 saturated carbocycles. The van der Waals surface area contributed by atoms with E-state index in [1.54, 1.807) is 0 Å². The third-order valence-electron chi connectivity index (χ3n) is 0.879. The molecular weight excluding hydrogens is 184 g/mol. The second-order valence-electron chi connectivity index (χ2n) is 1.84. The lowest BCUT2D eigenvalue weighted by Gasteiger charge is -1.91. The van der Waals surface area contributed by atoms with Crippen LogP contribution >= 0.6 is 0 Å². The molecule has 0 unspecified atom stereocenters. The summed E-state index contributed by atoms with van der Waals surface area (Å²) in [7, 11) is 0. The SMILES string of the molecule is CCOCCO.CCOCCO.[Mg]. The third kappa shape index (κ3) is 32.5. The van der Waals surface area contributed by atoms with Gasteiger partial charge in [-0.1, -0.05) is 0 Å². The molecule has 0 aromatic rings. The van der Waals surface area contributed by atoms with Gasteiger partial charge in [-0.2, -0.15) is 0 Å². The molecular formula is C8H20MgO4. The first-order valence-electron chi connectivity index (χ1n) is 4.20. The Bertz CT molecular complexity index is 48.1. The maximum Gasteiger partial charge on any atom is 0.0697 e. The summed E-state index contributed by atoms with van der Waals surface area (Å²) in [4.78, 5) is 0. The number of aliphatic hydroxyl groups excluding tert-OH is 2. The van der Waals surface area contributed by atoms with Gasteiger partial charge in [0.15, 0.2) is 0 Å². The highest BCUT2D eigenvalue weighted by Gasteiger charge is 1.74. The molecule has 0 aliphatic heterocycles. The Morgan fingerprint density at radius 2 is 1.15 bits per heavy atom. The lowest BCUT2D eigenvalue weighted by molar-refractivity contribution is 0.102. The monoisotopic (exact) mass is 204 g/mol. The fourth-order valence-corrected chi connectivity index (χ4v) is 0.418. The molecule has 0 aliphatic carbocycles. The molecule has 0 bridgehead atoms. The molecule has 5 heteroatoms. The summed E-state index contributed by atoms with van der Waals surface area (Å²) in [6.45, 7) is 6.39. The van der Waals surface area contributed by atoms with E-state index in [0.29, 0.717) is 26.4 Å². The van der Waals surface area contributed by atoms with Crippen LogP contribution in [0.15, 0.2) is 0 Å². The number of ether oxygens (including phenoxy) is 2. The highest BCUT2D eigenvalue weighted by molar-refractivity contribution is 5.75. The van der Waals surface area contributed by atoms with Gasteiger partial charge in [0.2, 0.25) is 0 Å². The second-order valence-corrected chi connectivity index (χ2v) is 1.84. The lowest BCUT2D eigenvalue weighted by atomic mass is 10.8. The molecule has 0 aliphatic rings. The number of hydrogen-bond acceptors (Lipinski definition) is 4. The topological polar surface area (TPSA) is 58.9 Å². The van der Waals surface area contributed by atoms with Crippen LogP contribution in [0.5, 0.6) is 0 Å². The van der Waals surface area contributed by atoms with Gasteiger partial charge in [-0.25, -0.2) is 0 Å².